The highest BCUT2D eigenvalue weighted by atomic mass is 16.5. The van der Waals surface area contributed by atoms with Gasteiger partial charge in [-0.2, -0.15) is 0 Å². The standard InChI is InChI=1S/C11H11N3O3/c1-2-16-11(15)10-14-13-9(17-10)7-3-5-8(12)6-4-7/h3-6H,2,12H2,1H3. The second kappa shape index (κ2) is 4.65. The molecule has 17 heavy (non-hydrogen) atoms. The molecular weight excluding hydrogens is 222 g/mol. The van der Waals surface area contributed by atoms with Crippen molar-refractivity contribution in [3.8, 4) is 11.5 Å². The largest absolute Gasteiger partial charge is 0.459 e. The van der Waals surface area contributed by atoms with Gasteiger partial charge in [-0.25, -0.2) is 4.79 Å². The lowest BCUT2D eigenvalue weighted by atomic mass is 10.2. The van der Waals surface area contributed by atoms with Gasteiger partial charge in [0.15, 0.2) is 0 Å². The van der Waals surface area contributed by atoms with Crippen molar-refractivity contribution in [2.45, 2.75) is 6.92 Å². The molecule has 1 aromatic heterocycles. The highest BCUT2D eigenvalue weighted by Gasteiger charge is 2.16. The average molecular weight is 233 g/mol. The highest BCUT2D eigenvalue weighted by molar-refractivity contribution is 5.84. The first-order chi connectivity index (χ1) is 8.20. The third kappa shape index (κ3) is 2.41. The number of nitrogens with two attached hydrogens (primary N) is 1. The van der Waals surface area contributed by atoms with E-state index < -0.39 is 5.97 Å². The molecule has 0 unspecified atom stereocenters. The van der Waals surface area contributed by atoms with E-state index in [1.165, 1.54) is 0 Å². The Morgan fingerprint density at radius 3 is 2.71 bits per heavy atom. The van der Waals surface area contributed by atoms with Gasteiger partial charge in [0.1, 0.15) is 0 Å². The molecule has 0 saturated heterocycles. The Morgan fingerprint density at radius 2 is 2.06 bits per heavy atom. The van der Waals surface area contributed by atoms with Crippen LogP contribution >= 0.6 is 0 Å². The van der Waals surface area contributed by atoms with Crippen LogP contribution in [-0.2, 0) is 4.74 Å². The number of rotatable bonds is 3. The molecular formula is C11H11N3O3. The summed E-state index contributed by atoms with van der Waals surface area (Å²) in [5.74, 6) is -0.520. The summed E-state index contributed by atoms with van der Waals surface area (Å²) >= 11 is 0. The summed E-state index contributed by atoms with van der Waals surface area (Å²) in [6.45, 7) is 1.97. The number of carbonyl (C=O) groups excluding carboxylic acids is 1. The first kappa shape index (κ1) is 11.1. The number of ether oxygens (including phenoxy) is 1. The van der Waals surface area contributed by atoms with Crippen LogP contribution in [0.25, 0.3) is 11.5 Å². The third-order valence-corrected chi connectivity index (χ3v) is 2.03. The van der Waals surface area contributed by atoms with Crippen LogP contribution in [0.2, 0.25) is 0 Å². The monoisotopic (exact) mass is 233 g/mol. The predicted molar refractivity (Wildman–Crippen MR) is 60.1 cm³/mol. The van der Waals surface area contributed by atoms with Gasteiger partial charge in [-0.3, -0.25) is 0 Å². The number of hydrogen-bond acceptors (Lipinski definition) is 6. The lowest BCUT2D eigenvalue weighted by Gasteiger charge is -1.96. The molecule has 0 saturated carbocycles. The number of esters is 1. The zero-order valence-corrected chi connectivity index (χ0v) is 9.21. The summed E-state index contributed by atoms with van der Waals surface area (Å²) in [6, 6.07) is 6.89. The van der Waals surface area contributed by atoms with Crippen LogP contribution in [0.3, 0.4) is 0 Å². The Balaban J connectivity index is 2.23. The van der Waals surface area contributed by atoms with E-state index in [1.807, 2.05) is 0 Å². The number of benzene rings is 1. The number of anilines is 1. The SMILES string of the molecule is CCOC(=O)c1nnc(-c2ccc(N)cc2)o1. The average Bonchev–Trinajstić information content (AvgIpc) is 2.80. The second-order valence-corrected chi connectivity index (χ2v) is 3.25. The Hall–Kier alpha value is -2.37. The van der Waals surface area contributed by atoms with Gasteiger partial charge in [0.2, 0.25) is 5.89 Å². The van der Waals surface area contributed by atoms with Crippen LogP contribution in [0.4, 0.5) is 5.69 Å². The zero-order chi connectivity index (χ0) is 12.3. The first-order valence-corrected chi connectivity index (χ1v) is 5.07. The molecule has 2 rings (SSSR count). The minimum absolute atomic E-state index is 0.154. The smallest absolute Gasteiger partial charge is 0.396 e. The predicted octanol–water partition coefficient (Wildman–Crippen LogP) is 1.50. The molecule has 6 nitrogen and oxygen atoms in total. The Morgan fingerprint density at radius 1 is 1.35 bits per heavy atom. The van der Waals surface area contributed by atoms with E-state index in [0.29, 0.717) is 11.3 Å². The maximum Gasteiger partial charge on any atom is 0.396 e. The third-order valence-electron chi connectivity index (χ3n) is 2.03. The summed E-state index contributed by atoms with van der Waals surface area (Å²) in [4.78, 5) is 11.3. The zero-order valence-electron chi connectivity index (χ0n) is 9.21. The fourth-order valence-electron chi connectivity index (χ4n) is 1.24. The molecule has 0 aliphatic rings. The molecule has 0 aliphatic carbocycles. The molecule has 0 atom stereocenters. The lowest BCUT2D eigenvalue weighted by Crippen LogP contribution is -2.04. The van der Waals surface area contributed by atoms with Gasteiger partial charge in [0.25, 0.3) is 0 Å². The van der Waals surface area contributed by atoms with Crippen molar-refractivity contribution in [1.29, 1.82) is 0 Å². The first-order valence-electron chi connectivity index (χ1n) is 5.07. The van der Waals surface area contributed by atoms with Crippen LogP contribution in [0.15, 0.2) is 28.7 Å². The molecule has 6 heteroatoms. The van der Waals surface area contributed by atoms with Gasteiger partial charge in [0.05, 0.1) is 6.61 Å². The van der Waals surface area contributed by atoms with Crippen molar-refractivity contribution in [1.82, 2.24) is 10.2 Å². The molecule has 0 spiro atoms. The van der Waals surface area contributed by atoms with Crippen LogP contribution in [-0.4, -0.2) is 22.8 Å². The Bertz CT molecular complexity index is 519. The summed E-state index contributed by atoms with van der Waals surface area (Å²) in [5, 5.41) is 7.37. The van der Waals surface area contributed by atoms with E-state index in [-0.39, 0.29) is 18.4 Å². The van der Waals surface area contributed by atoms with Crippen molar-refractivity contribution in [2.75, 3.05) is 12.3 Å². The molecule has 2 N–H and O–H groups in total. The topological polar surface area (TPSA) is 91.2 Å². The van der Waals surface area contributed by atoms with Crippen molar-refractivity contribution in [2.24, 2.45) is 0 Å². The Kier molecular flexibility index (Phi) is 3.04. The maximum absolute atomic E-state index is 11.3. The van der Waals surface area contributed by atoms with Gasteiger partial charge in [-0.05, 0) is 31.2 Å². The van der Waals surface area contributed by atoms with Crippen molar-refractivity contribution in [3.05, 3.63) is 30.2 Å². The van der Waals surface area contributed by atoms with Crippen molar-refractivity contribution in [3.63, 3.8) is 0 Å². The fraction of sp³-hybridized carbons (Fsp3) is 0.182. The van der Waals surface area contributed by atoms with Crippen molar-refractivity contribution < 1.29 is 13.9 Å². The van der Waals surface area contributed by atoms with Crippen LogP contribution < -0.4 is 5.73 Å². The highest BCUT2D eigenvalue weighted by Crippen LogP contribution is 2.19. The summed E-state index contributed by atoms with van der Waals surface area (Å²) in [5.41, 5.74) is 6.89. The van der Waals surface area contributed by atoms with E-state index in [9.17, 15) is 4.79 Å². The fourth-order valence-corrected chi connectivity index (χ4v) is 1.24. The summed E-state index contributed by atoms with van der Waals surface area (Å²) in [6.07, 6.45) is 0. The minimum atomic E-state index is -0.623. The number of carbonyl (C=O) groups is 1. The van der Waals surface area contributed by atoms with E-state index in [4.69, 9.17) is 14.9 Å². The summed E-state index contributed by atoms with van der Waals surface area (Å²) < 4.78 is 9.93. The second-order valence-electron chi connectivity index (χ2n) is 3.25. The van der Waals surface area contributed by atoms with Gasteiger partial charge < -0.3 is 14.9 Å². The van der Waals surface area contributed by atoms with E-state index in [0.717, 1.165) is 0 Å². The quantitative estimate of drug-likeness (QED) is 0.638. The van der Waals surface area contributed by atoms with E-state index >= 15 is 0 Å². The van der Waals surface area contributed by atoms with Crippen LogP contribution in [0, 0.1) is 0 Å². The van der Waals surface area contributed by atoms with Gasteiger partial charge in [-0.15, -0.1) is 10.2 Å². The van der Waals surface area contributed by atoms with E-state index in [1.54, 1.807) is 31.2 Å². The molecule has 0 radical (unpaired) electrons. The minimum Gasteiger partial charge on any atom is -0.459 e. The molecule has 0 bridgehead atoms. The molecule has 1 aromatic carbocycles. The van der Waals surface area contributed by atoms with Gasteiger partial charge in [0, 0.05) is 11.3 Å². The van der Waals surface area contributed by atoms with Crippen LogP contribution in [0.5, 0.6) is 0 Å². The molecule has 1 heterocycles. The molecule has 0 fully saturated rings. The molecule has 0 amide bonds. The maximum atomic E-state index is 11.3. The van der Waals surface area contributed by atoms with Gasteiger partial charge in [-0.1, -0.05) is 0 Å². The Labute approximate surface area is 97.4 Å². The normalized spacial score (nSPS) is 10.2. The number of nitrogens with zero attached hydrogens (tertiary/aromatic N) is 2. The van der Waals surface area contributed by atoms with E-state index in [2.05, 4.69) is 10.2 Å². The lowest BCUT2D eigenvalue weighted by molar-refractivity contribution is 0.0481. The number of nitrogen functional groups attached to an aromatic ring is 1. The van der Waals surface area contributed by atoms with Gasteiger partial charge >= 0.3 is 11.9 Å². The molecule has 88 valence electrons. The van der Waals surface area contributed by atoms with Crippen LogP contribution in [0.1, 0.15) is 17.6 Å². The molecule has 0 aliphatic heterocycles. The number of hydrogen-bond donors (Lipinski definition) is 1. The number of aromatic nitrogens is 2. The summed E-state index contributed by atoms with van der Waals surface area (Å²) in [7, 11) is 0. The van der Waals surface area contributed by atoms with Crippen molar-refractivity contribution >= 4 is 11.7 Å². The molecule has 2 aromatic rings.